The van der Waals surface area contributed by atoms with Crippen LogP contribution < -0.4 is 16.6 Å². The van der Waals surface area contributed by atoms with Crippen molar-refractivity contribution in [1.29, 1.82) is 0 Å². The molecule has 0 radical (unpaired) electrons. The van der Waals surface area contributed by atoms with Gasteiger partial charge in [0, 0.05) is 19.5 Å². The van der Waals surface area contributed by atoms with E-state index in [2.05, 4.69) is 24.1 Å². The zero-order chi connectivity index (χ0) is 17.5. The van der Waals surface area contributed by atoms with Crippen molar-refractivity contribution in [2.24, 2.45) is 5.92 Å². The predicted octanol–water partition coefficient (Wildman–Crippen LogP) is 2.47. The Labute approximate surface area is 144 Å². The van der Waals surface area contributed by atoms with Gasteiger partial charge in [-0.15, -0.1) is 11.3 Å². The van der Waals surface area contributed by atoms with Crippen LogP contribution in [0, 0.1) is 5.92 Å². The number of thiophene rings is 1. The van der Waals surface area contributed by atoms with Crippen molar-refractivity contribution in [3.8, 4) is 0 Å². The van der Waals surface area contributed by atoms with Gasteiger partial charge in [-0.25, -0.2) is 4.79 Å². The molecule has 0 aromatic carbocycles. The van der Waals surface area contributed by atoms with Gasteiger partial charge in [0.2, 0.25) is 5.91 Å². The Morgan fingerprint density at radius 1 is 1.38 bits per heavy atom. The van der Waals surface area contributed by atoms with Gasteiger partial charge in [0.05, 0.1) is 5.52 Å². The van der Waals surface area contributed by atoms with Crippen molar-refractivity contribution in [3.63, 3.8) is 0 Å². The largest absolute Gasteiger partial charge is 0.356 e. The van der Waals surface area contributed by atoms with Crippen LogP contribution in [0.25, 0.3) is 10.2 Å². The molecule has 132 valence electrons. The fourth-order valence-corrected chi connectivity index (χ4v) is 3.47. The van der Waals surface area contributed by atoms with E-state index in [0.29, 0.717) is 22.7 Å². The van der Waals surface area contributed by atoms with Crippen LogP contribution in [-0.4, -0.2) is 22.0 Å². The maximum absolute atomic E-state index is 12.3. The van der Waals surface area contributed by atoms with Crippen molar-refractivity contribution in [3.05, 3.63) is 32.3 Å². The third kappa shape index (κ3) is 4.56. The highest BCUT2D eigenvalue weighted by Crippen LogP contribution is 2.12. The highest BCUT2D eigenvalue weighted by molar-refractivity contribution is 7.17. The average molecular weight is 351 g/mol. The minimum absolute atomic E-state index is 0.0968. The molecule has 2 heterocycles. The number of carbonyl (C=O) groups is 1. The Morgan fingerprint density at radius 3 is 2.88 bits per heavy atom. The molecule has 0 aliphatic heterocycles. The lowest BCUT2D eigenvalue weighted by Crippen LogP contribution is -2.37. The van der Waals surface area contributed by atoms with Gasteiger partial charge in [-0.3, -0.25) is 14.2 Å². The van der Waals surface area contributed by atoms with E-state index in [9.17, 15) is 14.4 Å². The molecule has 7 heteroatoms. The average Bonchev–Trinajstić information content (AvgIpc) is 3.03. The Balaban J connectivity index is 1.92. The van der Waals surface area contributed by atoms with Gasteiger partial charge in [-0.1, -0.05) is 33.1 Å². The summed E-state index contributed by atoms with van der Waals surface area (Å²) in [5.74, 6) is 0.366. The van der Waals surface area contributed by atoms with E-state index in [1.54, 1.807) is 11.4 Å². The molecular formula is C17H25N3O3S. The zero-order valence-corrected chi connectivity index (χ0v) is 15.1. The molecule has 0 spiro atoms. The topological polar surface area (TPSA) is 84.0 Å². The zero-order valence-electron chi connectivity index (χ0n) is 14.3. The molecule has 0 fully saturated rings. The van der Waals surface area contributed by atoms with Crippen molar-refractivity contribution >= 4 is 27.5 Å². The number of hydrogen-bond acceptors (Lipinski definition) is 4. The number of nitrogens with one attached hydrogen (secondary N) is 2. The summed E-state index contributed by atoms with van der Waals surface area (Å²) in [6.45, 7) is 5.04. The number of amides is 1. The number of unbranched alkanes of at least 4 members (excludes halogenated alkanes) is 1. The first kappa shape index (κ1) is 18.4. The van der Waals surface area contributed by atoms with Crippen LogP contribution in [0.15, 0.2) is 21.0 Å². The first-order valence-electron chi connectivity index (χ1n) is 8.53. The van der Waals surface area contributed by atoms with Crippen LogP contribution in [-0.2, 0) is 11.3 Å². The van der Waals surface area contributed by atoms with E-state index >= 15 is 0 Å². The van der Waals surface area contributed by atoms with E-state index in [-0.39, 0.29) is 24.4 Å². The quantitative estimate of drug-likeness (QED) is 0.728. The van der Waals surface area contributed by atoms with Crippen LogP contribution in [0.3, 0.4) is 0 Å². The predicted molar refractivity (Wildman–Crippen MR) is 97.6 cm³/mol. The van der Waals surface area contributed by atoms with Crippen molar-refractivity contribution in [2.45, 2.75) is 52.5 Å². The second kappa shape index (κ2) is 8.82. The van der Waals surface area contributed by atoms with Gasteiger partial charge in [-0.05, 0) is 23.8 Å². The normalized spacial score (nSPS) is 12.4. The number of rotatable bonds is 9. The number of nitrogens with zero attached hydrogens (tertiary/aromatic N) is 1. The molecule has 2 aromatic rings. The Hall–Kier alpha value is -1.89. The number of carbonyl (C=O) groups excluding carboxylic acids is 1. The van der Waals surface area contributed by atoms with Crippen LogP contribution >= 0.6 is 11.3 Å². The number of hydrogen-bond donors (Lipinski definition) is 2. The molecule has 0 aliphatic carbocycles. The fourth-order valence-electron chi connectivity index (χ4n) is 2.68. The van der Waals surface area contributed by atoms with Gasteiger partial charge in [-0.2, -0.15) is 0 Å². The molecule has 2 N–H and O–H groups in total. The van der Waals surface area contributed by atoms with E-state index in [1.165, 1.54) is 17.8 Å². The van der Waals surface area contributed by atoms with Gasteiger partial charge in [0.25, 0.3) is 5.56 Å². The highest BCUT2D eigenvalue weighted by Gasteiger charge is 2.12. The van der Waals surface area contributed by atoms with Crippen molar-refractivity contribution in [2.75, 3.05) is 6.54 Å². The molecule has 0 saturated heterocycles. The van der Waals surface area contributed by atoms with E-state index in [0.717, 1.165) is 23.8 Å². The summed E-state index contributed by atoms with van der Waals surface area (Å²) in [5, 5.41) is 4.68. The summed E-state index contributed by atoms with van der Waals surface area (Å²) in [6, 6.07) is 1.71. The molecule has 1 unspecified atom stereocenters. The lowest BCUT2D eigenvalue weighted by Gasteiger charge is -2.15. The smallest absolute Gasteiger partial charge is 0.328 e. The maximum atomic E-state index is 12.3. The third-order valence-corrected chi connectivity index (χ3v) is 5.19. The van der Waals surface area contributed by atoms with Crippen LogP contribution in [0.2, 0.25) is 0 Å². The minimum Gasteiger partial charge on any atom is -0.356 e. The first-order chi connectivity index (χ1) is 11.6. The maximum Gasteiger partial charge on any atom is 0.328 e. The molecular weight excluding hydrogens is 326 g/mol. The van der Waals surface area contributed by atoms with E-state index < -0.39 is 5.69 Å². The molecule has 1 atom stereocenters. The summed E-state index contributed by atoms with van der Waals surface area (Å²) < 4.78 is 1.62. The van der Waals surface area contributed by atoms with Gasteiger partial charge in [0.1, 0.15) is 4.70 Å². The molecule has 6 nitrogen and oxygen atoms in total. The molecule has 0 saturated carbocycles. The van der Waals surface area contributed by atoms with Crippen molar-refractivity contribution in [1.82, 2.24) is 14.9 Å². The Morgan fingerprint density at radius 2 is 2.17 bits per heavy atom. The van der Waals surface area contributed by atoms with Crippen LogP contribution in [0.4, 0.5) is 0 Å². The SMILES string of the molecule is CCCCC(CC)CNC(=O)CCn1c(=O)[nH]c2ccsc2c1=O. The molecule has 1 amide bonds. The lowest BCUT2D eigenvalue weighted by molar-refractivity contribution is -0.121. The second-order valence-electron chi connectivity index (χ2n) is 6.02. The van der Waals surface area contributed by atoms with E-state index in [1.807, 2.05) is 0 Å². The third-order valence-electron chi connectivity index (χ3n) is 4.29. The molecule has 0 aliphatic rings. The van der Waals surface area contributed by atoms with Crippen LogP contribution in [0.5, 0.6) is 0 Å². The van der Waals surface area contributed by atoms with E-state index in [4.69, 9.17) is 0 Å². The Kier molecular flexibility index (Phi) is 6.78. The number of H-pyrrole nitrogens is 1. The Bertz CT molecular complexity index is 790. The molecule has 0 bridgehead atoms. The summed E-state index contributed by atoms with van der Waals surface area (Å²) in [4.78, 5) is 38.9. The number of aromatic nitrogens is 2. The number of aromatic amines is 1. The van der Waals surface area contributed by atoms with Gasteiger partial charge < -0.3 is 10.3 Å². The second-order valence-corrected chi connectivity index (χ2v) is 6.94. The summed E-state index contributed by atoms with van der Waals surface area (Å²) >= 11 is 1.29. The summed E-state index contributed by atoms with van der Waals surface area (Å²) in [6.07, 6.45) is 4.60. The van der Waals surface area contributed by atoms with Gasteiger partial charge >= 0.3 is 5.69 Å². The monoisotopic (exact) mass is 351 g/mol. The standard InChI is InChI=1S/C17H25N3O3S/c1-3-5-6-12(4-2)11-18-14(21)7-9-20-16(22)15-13(8-10-24-15)19-17(20)23/h8,10,12H,3-7,9,11H2,1-2H3,(H,18,21)(H,19,23). The fraction of sp³-hybridized carbons (Fsp3) is 0.588. The van der Waals surface area contributed by atoms with Crippen LogP contribution in [0.1, 0.15) is 46.0 Å². The molecule has 24 heavy (non-hydrogen) atoms. The van der Waals surface area contributed by atoms with Crippen molar-refractivity contribution < 1.29 is 4.79 Å². The molecule has 2 rings (SSSR count). The lowest BCUT2D eigenvalue weighted by atomic mass is 9.99. The highest BCUT2D eigenvalue weighted by atomic mass is 32.1. The van der Waals surface area contributed by atoms with Gasteiger partial charge in [0.15, 0.2) is 0 Å². The summed E-state index contributed by atoms with van der Waals surface area (Å²) in [7, 11) is 0. The summed E-state index contributed by atoms with van der Waals surface area (Å²) in [5.41, 5.74) is -0.239. The number of fused-ring (bicyclic) bond motifs is 1. The first-order valence-corrected chi connectivity index (χ1v) is 9.41. The minimum atomic E-state index is -0.465. The molecule has 2 aromatic heterocycles.